The molecule has 1 saturated heterocycles. The Morgan fingerprint density at radius 1 is 1.39 bits per heavy atom. The minimum absolute atomic E-state index is 0.588. The van der Waals surface area contributed by atoms with Gasteiger partial charge < -0.3 is 9.84 Å². The molecule has 2 heterocycles. The summed E-state index contributed by atoms with van der Waals surface area (Å²) in [6.45, 7) is 10.8. The lowest BCUT2D eigenvalue weighted by Crippen LogP contribution is -2.52. The lowest BCUT2D eigenvalue weighted by molar-refractivity contribution is 0.0806. The van der Waals surface area contributed by atoms with Gasteiger partial charge >= 0.3 is 0 Å². The van der Waals surface area contributed by atoms with Crippen LogP contribution in [0.2, 0.25) is 0 Å². The van der Waals surface area contributed by atoms with E-state index in [1.807, 2.05) is 13.8 Å². The Labute approximate surface area is 110 Å². The maximum atomic E-state index is 5.25. The van der Waals surface area contributed by atoms with E-state index in [1.54, 1.807) is 0 Å². The second kappa shape index (κ2) is 5.41. The fourth-order valence-electron chi connectivity index (χ4n) is 3.00. The molecule has 4 heteroatoms. The largest absolute Gasteiger partial charge is 0.361 e. The SMILES string of the molecule is CNC1CCN(Cc2c(C)noc2C)C(C)C1C. The van der Waals surface area contributed by atoms with Crippen LogP contribution in [0.3, 0.4) is 0 Å². The molecule has 1 aliphatic heterocycles. The van der Waals surface area contributed by atoms with E-state index in [0.29, 0.717) is 18.0 Å². The number of hydrogen-bond donors (Lipinski definition) is 1. The number of hydrogen-bond acceptors (Lipinski definition) is 4. The standard InChI is InChI=1S/C14H25N3O/c1-9-11(3)17(7-6-14(9)15-5)8-13-10(2)16-18-12(13)4/h9,11,14-15H,6-8H2,1-5H3. The van der Waals surface area contributed by atoms with Gasteiger partial charge in [0.1, 0.15) is 5.76 Å². The lowest BCUT2D eigenvalue weighted by Gasteiger charge is -2.42. The molecular weight excluding hydrogens is 226 g/mol. The maximum Gasteiger partial charge on any atom is 0.138 e. The first kappa shape index (κ1) is 13.6. The molecule has 4 nitrogen and oxygen atoms in total. The van der Waals surface area contributed by atoms with Gasteiger partial charge in [-0.15, -0.1) is 0 Å². The summed E-state index contributed by atoms with van der Waals surface area (Å²) in [5.41, 5.74) is 2.29. The molecule has 0 bridgehead atoms. The average Bonchev–Trinajstić information content (AvgIpc) is 2.67. The van der Waals surface area contributed by atoms with Crippen molar-refractivity contribution in [3.8, 4) is 0 Å². The quantitative estimate of drug-likeness (QED) is 0.893. The molecule has 0 aromatic carbocycles. The molecule has 0 saturated carbocycles. The molecule has 102 valence electrons. The van der Waals surface area contributed by atoms with Crippen LogP contribution in [0.25, 0.3) is 0 Å². The first-order valence-corrected chi connectivity index (χ1v) is 6.87. The van der Waals surface area contributed by atoms with Crippen molar-refractivity contribution in [3.63, 3.8) is 0 Å². The van der Waals surface area contributed by atoms with Gasteiger partial charge in [-0.3, -0.25) is 4.90 Å². The Kier molecular flexibility index (Phi) is 4.07. The number of piperidine rings is 1. The summed E-state index contributed by atoms with van der Waals surface area (Å²) in [5, 5.41) is 7.47. The monoisotopic (exact) mass is 251 g/mol. The van der Waals surface area contributed by atoms with Crippen molar-refractivity contribution in [2.24, 2.45) is 5.92 Å². The van der Waals surface area contributed by atoms with Gasteiger partial charge in [-0.2, -0.15) is 0 Å². The normalized spacial score (nSPS) is 29.7. The fraction of sp³-hybridized carbons (Fsp3) is 0.786. The summed E-state index contributed by atoms with van der Waals surface area (Å²) in [5.74, 6) is 1.63. The summed E-state index contributed by atoms with van der Waals surface area (Å²) in [7, 11) is 2.07. The highest BCUT2D eigenvalue weighted by molar-refractivity contribution is 5.20. The molecule has 1 fully saturated rings. The van der Waals surface area contributed by atoms with Crippen molar-refractivity contribution in [1.29, 1.82) is 0 Å². The number of nitrogens with one attached hydrogen (secondary N) is 1. The highest BCUT2D eigenvalue weighted by atomic mass is 16.5. The zero-order chi connectivity index (χ0) is 13.3. The van der Waals surface area contributed by atoms with Gasteiger partial charge in [-0.1, -0.05) is 12.1 Å². The highest BCUT2D eigenvalue weighted by Gasteiger charge is 2.32. The van der Waals surface area contributed by atoms with Gasteiger partial charge in [0.15, 0.2) is 0 Å². The minimum atomic E-state index is 0.588. The van der Waals surface area contributed by atoms with Crippen LogP contribution in [0.15, 0.2) is 4.52 Å². The summed E-state index contributed by atoms with van der Waals surface area (Å²) in [4.78, 5) is 2.55. The molecule has 1 aromatic heterocycles. The molecule has 0 radical (unpaired) electrons. The molecule has 1 N–H and O–H groups in total. The van der Waals surface area contributed by atoms with Crippen LogP contribution in [0.1, 0.15) is 37.3 Å². The van der Waals surface area contributed by atoms with E-state index in [1.165, 1.54) is 12.0 Å². The molecule has 3 atom stereocenters. The number of nitrogens with zero attached hydrogens (tertiary/aromatic N) is 2. The topological polar surface area (TPSA) is 41.3 Å². The first-order chi connectivity index (χ1) is 8.54. The Balaban J connectivity index is 2.07. The summed E-state index contributed by atoms with van der Waals surface area (Å²) < 4.78 is 5.25. The van der Waals surface area contributed by atoms with E-state index in [-0.39, 0.29) is 0 Å². The average molecular weight is 251 g/mol. The number of likely N-dealkylation sites (tertiary alicyclic amines) is 1. The van der Waals surface area contributed by atoms with Gasteiger partial charge in [0, 0.05) is 30.7 Å². The molecule has 3 unspecified atom stereocenters. The molecule has 0 amide bonds. The third kappa shape index (κ3) is 2.45. The molecule has 0 aliphatic carbocycles. The van der Waals surface area contributed by atoms with E-state index < -0.39 is 0 Å². The Hall–Kier alpha value is -0.870. The van der Waals surface area contributed by atoms with E-state index in [2.05, 4.69) is 36.3 Å². The van der Waals surface area contributed by atoms with Crippen LogP contribution < -0.4 is 5.32 Å². The summed E-state index contributed by atoms with van der Waals surface area (Å²) >= 11 is 0. The van der Waals surface area contributed by atoms with Crippen molar-refractivity contribution in [1.82, 2.24) is 15.4 Å². The lowest BCUT2D eigenvalue weighted by atomic mass is 9.87. The van der Waals surface area contributed by atoms with Gasteiger partial charge in [-0.05, 0) is 40.2 Å². The van der Waals surface area contributed by atoms with Crippen molar-refractivity contribution in [2.75, 3.05) is 13.6 Å². The Morgan fingerprint density at radius 2 is 2.11 bits per heavy atom. The molecule has 1 aromatic rings. The van der Waals surface area contributed by atoms with E-state index in [9.17, 15) is 0 Å². The van der Waals surface area contributed by atoms with Gasteiger partial charge in [0.2, 0.25) is 0 Å². The zero-order valence-corrected chi connectivity index (χ0v) is 12.2. The third-order valence-corrected chi connectivity index (χ3v) is 4.61. The van der Waals surface area contributed by atoms with Gasteiger partial charge in [-0.25, -0.2) is 0 Å². The molecule has 18 heavy (non-hydrogen) atoms. The summed E-state index contributed by atoms with van der Waals surface area (Å²) in [6.07, 6.45) is 1.21. The number of rotatable bonds is 3. The molecule has 0 spiro atoms. The van der Waals surface area contributed by atoms with Crippen molar-refractivity contribution < 1.29 is 4.52 Å². The Morgan fingerprint density at radius 3 is 2.67 bits per heavy atom. The first-order valence-electron chi connectivity index (χ1n) is 6.87. The van der Waals surface area contributed by atoms with E-state index >= 15 is 0 Å². The Bertz CT molecular complexity index is 382. The zero-order valence-electron chi connectivity index (χ0n) is 12.2. The third-order valence-electron chi connectivity index (χ3n) is 4.61. The van der Waals surface area contributed by atoms with Crippen LogP contribution in [0.5, 0.6) is 0 Å². The van der Waals surface area contributed by atoms with Gasteiger partial charge in [0.05, 0.1) is 5.69 Å². The molecule has 2 rings (SSSR count). The number of aryl methyl sites for hydroxylation is 2. The van der Waals surface area contributed by atoms with Crippen molar-refractivity contribution >= 4 is 0 Å². The molecular formula is C14H25N3O. The van der Waals surface area contributed by atoms with Crippen LogP contribution in [-0.4, -0.2) is 35.7 Å². The van der Waals surface area contributed by atoms with E-state index in [0.717, 1.165) is 24.5 Å². The van der Waals surface area contributed by atoms with Crippen LogP contribution >= 0.6 is 0 Å². The van der Waals surface area contributed by atoms with Gasteiger partial charge in [0.25, 0.3) is 0 Å². The highest BCUT2D eigenvalue weighted by Crippen LogP contribution is 2.26. The number of aromatic nitrogens is 1. The molecule has 1 aliphatic rings. The second-order valence-electron chi connectivity index (χ2n) is 5.56. The van der Waals surface area contributed by atoms with Crippen LogP contribution in [-0.2, 0) is 6.54 Å². The van der Waals surface area contributed by atoms with E-state index in [4.69, 9.17) is 4.52 Å². The maximum absolute atomic E-state index is 5.25. The predicted octanol–water partition coefficient (Wildman–Crippen LogP) is 2.11. The van der Waals surface area contributed by atoms with Crippen molar-refractivity contribution in [2.45, 2.75) is 52.7 Å². The van der Waals surface area contributed by atoms with Crippen molar-refractivity contribution in [3.05, 3.63) is 17.0 Å². The summed E-state index contributed by atoms with van der Waals surface area (Å²) in [6, 6.07) is 1.23. The fourth-order valence-corrected chi connectivity index (χ4v) is 3.00. The van der Waals surface area contributed by atoms with Crippen LogP contribution in [0.4, 0.5) is 0 Å². The predicted molar refractivity (Wildman–Crippen MR) is 72.5 cm³/mol. The smallest absolute Gasteiger partial charge is 0.138 e. The van der Waals surface area contributed by atoms with Crippen LogP contribution in [0, 0.1) is 19.8 Å². The second-order valence-corrected chi connectivity index (χ2v) is 5.56. The minimum Gasteiger partial charge on any atom is -0.361 e.